The second-order valence-corrected chi connectivity index (χ2v) is 13.1. The lowest BCUT2D eigenvalue weighted by Crippen LogP contribution is -2.55. The maximum atomic E-state index is 13.7. The number of hydrogen-bond acceptors (Lipinski definition) is 6. The fourth-order valence-corrected chi connectivity index (χ4v) is 6.88. The van der Waals surface area contributed by atoms with E-state index in [0.717, 1.165) is 11.1 Å². The number of aliphatic hydroxyl groups excluding tert-OH is 1. The quantitative estimate of drug-likeness (QED) is 0.241. The number of anilines is 1. The lowest BCUT2D eigenvalue weighted by Gasteiger charge is -2.48. The van der Waals surface area contributed by atoms with Crippen molar-refractivity contribution in [3.63, 3.8) is 0 Å². The summed E-state index contributed by atoms with van der Waals surface area (Å²) in [6.07, 6.45) is 2.41. The van der Waals surface area contributed by atoms with Gasteiger partial charge in [-0.2, -0.15) is 0 Å². The van der Waals surface area contributed by atoms with Crippen LogP contribution in [0, 0.1) is 23.5 Å². The number of β-lactam (4-membered cyclic amide) rings is 1. The summed E-state index contributed by atoms with van der Waals surface area (Å²) < 4.78 is 38.6. The van der Waals surface area contributed by atoms with Crippen molar-refractivity contribution in [2.24, 2.45) is 11.8 Å². The van der Waals surface area contributed by atoms with E-state index in [1.54, 1.807) is 21.9 Å². The van der Waals surface area contributed by atoms with Crippen molar-refractivity contribution in [3.05, 3.63) is 101 Å². The summed E-state index contributed by atoms with van der Waals surface area (Å²) in [4.78, 5) is 40.9. The topological polar surface area (TPSA) is 117 Å². The fraction of sp³-hybridized carbons (Fsp3) is 0.432. The van der Waals surface area contributed by atoms with Crippen LogP contribution in [0.5, 0.6) is 0 Å². The zero-order valence-corrected chi connectivity index (χ0v) is 26.6. The molecule has 0 aromatic heterocycles. The normalized spacial score (nSPS) is 22.5. The van der Waals surface area contributed by atoms with E-state index < -0.39 is 35.3 Å². The molecule has 0 saturated carbocycles. The minimum Gasteiger partial charge on any atom is -0.481 e. The number of ether oxygens (including phenoxy) is 2. The molecule has 9 nitrogen and oxygen atoms in total. The van der Waals surface area contributed by atoms with Gasteiger partial charge in [0.05, 0.1) is 37.2 Å². The first-order valence-electron chi connectivity index (χ1n) is 16.5. The van der Waals surface area contributed by atoms with Crippen LogP contribution in [0.4, 0.5) is 14.5 Å². The van der Waals surface area contributed by atoms with Gasteiger partial charge in [-0.15, -0.1) is 0 Å². The van der Waals surface area contributed by atoms with Crippen LogP contribution < -0.4 is 4.90 Å². The standard InChI is InChI=1S/C37H40F2N2O7/c38-28-9-7-25(8-10-28)32(42)16-15-31-34(41(35(31)44)30-13-11-29(39)12-14-30)26-5-3-24(4-6-26)17-18-37(22-47-23-37)48-21-33(43)40-19-1-2-27(20-40)36(45)46/h3-14,27,31-32,34,42H,1-2,15-23H2,(H,45,46)/t27?,31-,32+,34?/m1/s1. The Morgan fingerprint density at radius 1 is 0.979 bits per heavy atom. The number of amides is 2. The molecule has 2 N–H and O–H groups in total. The number of carbonyl (C=O) groups excluding carboxylic acids is 2. The van der Waals surface area contributed by atoms with Gasteiger partial charge >= 0.3 is 5.97 Å². The molecule has 3 aliphatic rings. The average molecular weight is 663 g/mol. The van der Waals surface area contributed by atoms with Crippen molar-refractivity contribution in [3.8, 4) is 0 Å². The van der Waals surface area contributed by atoms with Gasteiger partial charge in [-0.05, 0) is 91.6 Å². The second kappa shape index (κ2) is 14.5. The Balaban J connectivity index is 1.09. The Kier molecular flexibility index (Phi) is 10.2. The third kappa shape index (κ3) is 7.43. The highest BCUT2D eigenvalue weighted by Gasteiger charge is 2.48. The second-order valence-electron chi connectivity index (χ2n) is 13.1. The number of likely N-dealkylation sites (tertiary alicyclic amines) is 1. The van der Waals surface area contributed by atoms with E-state index in [4.69, 9.17) is 9.47 Å². The largest absolute Gasteiger partial charge is 0.481 e. The van der Waals surface area contributed by atoms with Crippen LogP contribution in [0.2, 0.25) is 0 Å². The highest BCUT2D eigenvalue weighted by Crippen LogP contribution is 2.46. The molecule has 0 aliphatic carbocycles. The first kappa shape index (κ1) is 33.7. The highest BCUT2D eigenvalue weighted by molar-refractivity contribution is 6.03. The van der Waals surface area contributed by atoms with Crippen molar-refractivity contribution >= 4 is 23.5 Å². The van der Waals surface area contributed by atoms with E-state index in [9.17, 15) is 33.4 Å². The molecule has 3 heterocycles. The predicted octanol–water partition coefficient (Wildman–Crippen LogP) is 5.22. The van der Waals surface area contributed by atoms with E-state index >= 15 is 0 Å². The average Bonchev–Trinajstić information content (AvgIpc) is 3.08. The van der Waals surface area contributed by atoms with Crippen molar-refractivity contribution in [1.29, 1.82) is 0 Å². The van der Waals surface area contributed by atoms with Gasteiger partial charge in [0.25, 0.3) is 0 Å². The maximum Gasteiger partial charge on any atom is 0.308 e. The lowest BCUT2D eigenvalue weighted by atomic mass is 9.78. The molecular weight excluding hydrogens is 622 g/mol. The molecule has 11 heteroatoms. The third-order valence-electron chi connectivity index (χ3n) is 9.87. The number of aliphatic carboxylic acids is 1. The molecule has 6 rings (SSSR count). The van der Waals surface area contributed by atoms with E-state index in [-0.39, 0.29) is 36.8 Å². The summed E-state index contributed by atoms with van der Waals surface area (Å²) in [5, 5.41) is 20.1. The third-order valence-corrected chi connectivity index (χ3v) is 9.87. The van der Waals surface area contributed by atoms with Gasteiger partial charge in [-0.1, -0.05) is 36.4 Å². The van der Waals surface area contributed by atoms with Crippen molar-refractivity contribution in [1.82, 2.24) is 4.90 Å². The number of aryl methyl sites for hydroxylation is 1. The van der Waals surface area contributed by atoms with Crippen LogP contribution in [0.25, 0.3) is 0 Å². The molecule has 254 valence electrons. The zero-order valence-electron chi connectivity index (χ0n) is 26.6. The Morgan fingerprint density at radius 2 is 1.65 bits per heavy atom. The first-order chi connectivity index (χ1) is 23.1. The molecule has 2 unspecified atom stereocenters. The number of carbonyl (C=O) groups is 3. The maximum absolute atomic E-state index is 13.7. The molecule has 2 amide bonds. The molecule has 3 saturated heterocycles. The monoisotopic (exact) mass is 662 g/mol. The summed E-state index contributed by atoms with van der Waals surface area (Å²) in [7, 11) is 0. The summed E-state index contributed by atoms with van der Waals surface area (Å²) in [5.74, 6) is -2.93. The Hall–Kier alpha value is -4.19. The van der Waals surface area contributed by atoms with Crippen LogP contribution in [0.3, 0.4) is 0 Å². The summed E-state index contributed by atoms with van der Waals surface area (Å²) >= 11 is 0. The first-order valence-corrected chi connectivity index (χ1v) is 16.5. The number of aliphatic hydroxyl groups is 1. The van der Waals surface area contributed by atoms with E-state index in [1.165, 1.54) is 36.4 Å². The van der Waals surface area contributed by atoms with Crippen LogP contribution >= 0.6 is 0 Å². The number of benzene rings is 3. The molecule has 48 heavy (non-hydrogen) atoms. The van der Waals surface area contributed by atoms with Crippen LogP contribution in [-0.4, -0.2) is 71.4 Å². The van der Waals surface area contributed by atoms with Gasteiger partial charge < -0.3 is 29.5 Å². The number of piperidine rings is 1. The minimum absolute atomic E-state index is 0.108. The number of hydrogen-bond donors (Lipinski definition) is 2. The predicted molar refractivity (Wildman–Crippen MR) is 172 cm³/mol. The van der Waals surface area contributed by atoms with Crippen LogP contribution in [-0.2, 0) is 30.3 Å². The summed E-state index contributed by atoms with van der Waals surface area (Å²) in [6, 6.07) is 19.1. The molecule has 3 fully saturated rings. The Labute approximate surface area is 278 Å². The zero-order chi connectivity index (χ0) is 33.8. The van der Waals surface area contributed by atoms with Crippen LogP contribution in [0.15, 0.2) is 72.8 Å². The number of carboxylic acids is 1. The smallest absolute Gasteiger partial charge is 0.308 e. The SMILES string of the molecule is O=C(O)C1CCCN(C(=O)COC2(CCc3ccc(C4[C@@H](CC[C@H](O)c5ccc(F)cc5)C(=O)N4c4ccc(F)cc4)cc3)COC2)C1. The summed E-state index contributed by atoms with van der Waals surface area (Å²) in [6.45, 7) is 1.36. The van der Waals surface area contributed by atoms with Crippen molar-refractivity contribution in [2.45, 2.75) is 56.3 Å². The number of halogens is 2. The van der Waals surface area contributed by atoms with Crippen LogP contribution in [0.1, 0.15) is 60.9 Å². The Morgan fingerprint density at radius 3 is 2.27 bits per heavy atom. The van der Waals surface area contributed by atoms with Crippen molar-refractivity contribution < 1.29 is 42.9 Å². The van der Waals surface area contributed by atoms with Gasteiger partial charge in [-0.25, -0.2) is 8.78 Å². The molecule has 3 aliphatic heterocycles. The lowest BCUT2D eigenvalue weighted by molar-refractivity contribution is -0.214. The van der Waals surface area contributed by atoms with E-state index in [2.05, 4.69) is 0 Å². The summed E-state index contributed by atoms with van der Waals surface area (Å²) in [5.41, 5.74) is 2.54. The molecule has 0 radical (unpaired) electrons. The molecule has 4 atom stereocenters. The fourth-order valence-electron chi connectivity index (χ4n) is 6.88. The van der Waals surface area contributed by atoms with Gasteiger partial charge in [0.1, 0.15) is 23.8 Å². The molecular formula is C37H40F2N2O7. The highest BCUT2D eigenvalue weighted by atomic mass is 19.1. The van der Waals surface area contributed by atoms with Gasteiger partial charge in [-0.3, -0.25) is 14.4 Å². The number of carboxylic acid groups (broad SMARTS) is 1. The number of rotatable bonds is 13. The van der Waals surface area contributed by atoms with E-state index in [0.29, 0.717) is 69.5 Å². The van der Waals surface area contributed by atoms with Gasteiger partial charge in [0.2, 0.25) is 11.8 Å². The molecule has 3 aromatic carbocycles. The van der Waals surface area contributed by atoms with Gasteiger partial charge in [0.15, 0.2) is 0 Å². The molecule has 3 aromatic rings. The molecule has 0 spiro atoms. The van der Waals surface area contributed by atoms with Gasteiger partial charge in [0, 0.05) is 18.8 Å². The minimum atomic E-state index is -0.883. The number of nitrogens with zero attached hydrogens (tertiary/aromatic N) is 2. The Bertz CT molecular complexity index is 1600. The van der Waals surface area contributed by atoms with E-state index in [1.807, 2.05) is 24.3 Å². The van der Waals surface area contributed by atoms with Crippen molar-refractivity contribution in [2.75, 3.05) is 37.8 Å². The molecule has 0 bridgehead atoms.